The van der Waals surface area contributed by atoms with Crippen LogP contribution in [0.5, 0.6) is 0 Å². The molecule has 0 fully saturated rings. The van der Waals surface area contributed by atoms with Gasteiger partial charge in [-0.3, -0.25) is 0 Å². The summed E-state index contributed by atoms with van der Waals surface area (Å²) in [4.78, 5) is 29.4. The molecular weight excluding hydrogens is 268 g/mol. The molecule has 0 aromatic carbocycles. The van der Waals surface area contributed by atoms with Gasteiger partial charge in [-0.15, -0.1) is 0 Å². The molecule has 0 aliphatic carbocycles. The number of aliphatic hydroxyl groups is 5. The van der Waals surface area contributed by atoms with Gasteiger partial charge in [0.15, 0.2) is 12.4 Å². The highest BCUT2D eigenvalue weighted by molar-refractivity contribution is 5.73. The zero-order chi connectivity index (χ0) is 15.7. The molecule has 0 aromatic rings. The van der Waals surface area contributed by atoms with E-state index in [0.29, 0.717) is 0 Å². The number of carboxylic acid groups (broad SMARTS) is 2. The minimum atomic E-state index is -2.25. The number of carbonyl (C=O) groups is 3. The van der Waals surface area contributed by atoms with Gasteiger partial charge in [-0.25, -0.2) is 9.59 Å². The Hall–Kier alpha value is -1.59. The summed E-state index contributed by atoms with van der Waals surface area (Å²) in [5.41, 5.74) is 0. The SMILES string of the molecule is CC(O)C(=O)O.O=C[C@H](O)[C@@H](O)[C@H](O)[C@H](O)C(=O)O. The summed E-state index contributed by atoms with van der Waals surface area (Å²) < 4.78 is 0. The average molecular weight is 284 g/mol. The van der Waals surface area contributed by atoms with E-state index >= 15 is 0 Å². The number of aliphatic carboxylic acids is 2. The second-order valence-corrected chi connectivity index (χ2v) is 3.41. The molecule has 10 heteroatoms. The Morgan fingerprint density at radius 1 is 0.895 bits per heavy atom. The molecule has 0 saturated carbocycles. The van der Waals surface area contributed by atoms with Gasteiger partial charge in [-0.1, -0.05) is 0 Å². The minimum absolute atomic E-state index is 0.0809. The van der Waals surface area contributed by atoms with Gasteiger partial charge in [0, 0.05) is 0 Å². The molecule has 0 heterocycles. The summed E-state index contributed by atoms with van der Waals surface area (Å²) in [7, 11) is 0. The summed E-state index contributed by atoms with van der Waals surface area (Å²) >= 11 is 0. The van der Waals surface area contributed by atoms with Crippen molar-refractivity contribution in [2.45, 2.75) is 37.4 Å². The van der Waals surface area contributed by atoms with E-state index in [1.165, 1.54) is 6.92 Å². The number of carboxylic acids is 2. The first-order chi connectivity index (χ1) is 8.56. The zero-order valence-electron chi connectivity index (χ0n) is 9.82. The van der Waals surface area contributed by atoms with Crippen molar-refractivity contribution in [3.63, 3.8) is 0 Å². The van der Waals surface area contributed by atoms with Crippen LogP contribution >= 0.6 is 0 Å². The lowest BCUT2D eigenvalue weighted by molar-refractivity contribution is -0.163. The number of aldehydes is 1. The summed E-state index contributed by atoms with van der Waals surface area (Å²) in [6, 6.07) is 0. The van der Waals surface area contributed by atoms with Crippen LogP contribution in [0.3, 0.4) is 0 Å². The van der Waals surface area contributed by atoms with Gasteiger partial charge in [0.1, 0.15) is 24.4 Å². The quantitative estimate of drug-likeness (QED) is 0.237. The van der Waals surface area contributed by atoms with Gasteiger partial charge in [-0.2, -0.15) is 0 Å². The maximum Gasteiger partial charge on any atom is 0.335 e. The van der Waals surface area contributed by atoms with Gasteiger partial charge in [0.2, 0.25) is 0 Å². The molecular formula is C9H16O10. The van der Waals surface area contributed by atoms with E-state index in [0.717, 1.165) is 0 Å². The fraction of sp³-hybridized carbons (Fsp3) is 0.667. The summed E-state index contributed by atoms with van der Waals surface area (Å²) in [5, 5.41) is 59.0. The lowest BCUT2D eigenvalue weighted by Crippen LogP contribution is -2.48. The Morgan fingerprint density at radius 2 is 1.26 bits per heavy atom. The largest absolute Gasteiger partial charge is 0.479 e. The van der Waals surface area contributed by atoms with Crippen LogP contribution in [-0.2, 0) is 14.4 Å². The van der Waals surface area contributed by atoms with Crippen molar-refractivity contribution < 1.29 is 50.1 Å². The molecule has 0 bridgehead atoms. The van der Waals surface area contributed by atoms with Gasteiger partial charge in [-0.05, 0) is 6.92 Å². The number of hydrogen-bond donors (Lipinski definition) is 7. The van der Waals surface area contributed by atoms with Crippen LogP contribution in [0.15, 0.2) is 0 Å². The first kappa shape index (κ1) is 19.7. The highest BCUT2D eigenvalue weighted by Gasteiger charge is 2.33. The van der Waals surface area contributed by atoms with Crippen LogP contribution < -0.4 is 0 Å². The highest BCUT2D eigenvalue weighted by Crippen LogP contribution is 2.03. The maximum absolute atomic E-state index is 10.1. The fourth-order valence-corrected chi connectivity index (χ4v) is 0.615. The predicted molar refractivity (Wildman–Crippen MR) is 57.0 cm³/mol. The van der Waals surface area contributed by atoms with Gasteiger partial charge < -0.3 is 40.5 Å². The van der Waals surface area contributed by atoms with Gasteiger partial charge in [0.05, 0.1) is 0 Å². The Bertz CT molecular complexity index is 301. The summed E-state index contributed by atoms with van der Waals surface area (Å²) in [5.74, 6) is -2.94. The number of aliphatic hydroxyl groups excluding tert-OH is 5. The third kappa shape index (κ3) is 8.18. The molecule has 5 atom stereocenters. The highest BCUT2D eigenvalue weighted by atomic mass is 16.4. The molecule has 0 aromatic heterocycles. The molecule has 1 unspecified atom stereocenters. The molecule has 0 amide bonds. The van der Waals surface area contributed by atoms with Crippen molar-refractivity contribution in [2.24, 2.45) is 0 Å². The molecule has 19 heavy (non-hydrogen) atoms. The normalized spacial score (nSPS) is 18.0. The molecule has 0 spiro atoms. The fourth-order valence-electron chi connectivity index (χ4n) is 0.615. The van der Waals surface area contributed by atoms with Crippen molar-refractivity contribution in [3.8, 4) is 0 Å². The third-order valence-electron chi connectivity index (χ3n) is 1.77. The predicted octanol–water partition coefficient (Wildman–Crippen LogP) is -3.83. The molecule has 0 aliphatic heterocycles. The molecule has 0 rings (SSSR count). The Morgan fingerprint density at radius 3 is 1.47 bits per heavy atom. The molecule has 0 aliphatic rings. The lowest BCUT2D eigenvalue weighted by atomic mass is 10.0. The van der Waals surface area contributed by atoms with Crippen molar-refractivity contribution in [1.29, 1.82) is 0 Å². The summed E-state index contributed by atoms with van der Waals surface area (Å²) in [6.07, 6.45) is -9.62. The monoisotopic (exact) mass is 284 g/mol. The molecule has 112 valence electrons. The van der Waals surface area contributed by atoms with E-state index in [9.17, 15) is 14.4 Å². The van der Waals surface area contributed by atoms with Crippen LogP contribution in [0, 0.1) is 0 Å². The third-order valence-corrected chi connectivity index (χ3v) is 1.77. The smallest absolute Gasteiger partial charge is 0.335 e. The van der Waals surface area contributed by atoms with Crippen molar-refractivity contribution in [2.75, 3.05) is 0 Å². The van der Waals surface area contributed by atoms with Crippen molar-refractivity contribution >= 4 is 18.2 Å². The molecule has 0 saturated heterocycles. The number of rotatable bonds is 6. The van der Waals surface area contributed by atoms with Crippen LogP contribution in [0.25, 0.3) is 0 Å². The number of carbonyl (C=O) groups excluding carboxylic acids is 1. The molecule has 7 N–H and O–H groups in total. The van der Waals surface area contributed by atoms with E-state index in [2.05, 4.69) is 0 Å². The molecule has 0 radical (unpaired) electrons. The first-order valence-electron chi connectivity index (χ1n) is 4.87. The Kier molecular flexibility index (Phi) is 9.72. The van der Waals surface area contributed by atoms with E-state index < -0.39 is 42.5 Å². The van der Waals surface area contributed by atoms with E-state index in [1.54, 1.807) is 0 Å². The van der Waals surface area contributed by atoms with Crippen LogP contribution in [0.2, 0.25) is 0 Å². The number of hydrogen-bond acceptors (Lipinski definition) is 8. The topological polar surface area (TPSA) is 193 Å². The summed E-state index contributed by atoms with van der Waals surface area (Å²) in [6.45, 7) is 1.20. The zero-order valence-corrected chi connectivity index (χ0v) is 9.82. The van der Waals surface area contributed by atoms with E-state index in [4.69, 9.17) is 35.7 Å². The van der Waals surface area contributed by atoms with Crippen molar-refractivity contribution in [3.05, 3.63) is 0 Å². The first-order valence-corrected chi connectivity index (χ1v) is 4.87. The van der Waals surface area contributed by atoms with Crippen LogP contribution in [0.4, 0.5) is 0 Å². The second-order valence-electron chi connectivity index (χ2n) is 3.41. The van der Waals surface area contributed by atoms with Crippen LogP contribution in [0.1, 0.15) is 6.92 Å². The lowest BCUT2D eigenvalue weighted by Gasteiger charge is -2.21. The van der Waals surface area contributed by atoms with Gasteiger partial charge >= 0.3 is 11.9 Å². The van der Waals surface area contributed by atoms with Crippen LogP contribution in [-0.4, -0.2) is 84.5 Å². The van der Waals surface area contributed by atoms with E-state index in [1.807, 2.05) is 0 Å². The second kappa shape index (κ2) is 9.35. The standard InChI is InChI=1S/C6H10O7.C3H6O3/c7-1-2(8)3(9)4(10)5(11)6(12)13;1-2(4)3(5)6/h1-5,8-11H,(H,12,13);2,4H,1H3,(H,5,6)/t2-,3+,4-,5-;/m0./s1. The Balaban J connectivity index is 0. The van der Waals surface area contributed by atoms with E-state index in [-0.39, 0.29) is 6.29 Å². The molecule has 10 nitrogen and oxygen atoms in total. The minimum Gasteiger partial charge on any atom is -0.479 e. The maximum atomic E-state index is 10.1. The van der Waals surface area contributed by atoms with Crippen molar-refractivity contribution in [1.82, 2.24) is 0 Å². The Labute approximate surface area is 107 Å². The van der Waals surface area contributed by atoms with Gasteiger partial charge in [0.25, 0.3) is 0 Å². The average Bonchev–Trinajstić information content (AvgIpc) is 2.35.